The highest BCUT2D eigenvalue weighted by atomic mass is 32.1. The zero-order chi connectivity index (χ0) is 20.6. The number of rotatable bonds is 5. The van der Waals surface area contributed by atoms with Crippen molar-refractivity contribution in [1.29, 1.82) is 0 Å². The first-order valence-corrected chi connectivity index (χ1v) is 10.5. The van der Waals surface area contributed by atoms with Crippen LogP contribution in [-0.2, 0) is 16.1 Å². The van der Waals surface area contributed by atoms with E-state index in [1.165, 1.54) is 17.9 Å². The van der Waals surface area contributed by atoms with Gasteiger partial charge in [-0.05, 0) is 62.0 Å². The van der Waals surface area contributed by atoms with Crippen LogP contribution in [0.4, 0.5) is 19.5 Å². The highest BCUT2D eigenvalue weighted by Gasteiger charge is 2.58. The average molecular weight is 419 g/mol. The molecule has 2 N–H and O–H groups in total. The van der Waals surface area contributed by atoms with Crippen molar-refractivity contribution in [3.63, 3.8) is 0 Å². The quantitative estimate of drug-likeness (QED) is 0.763. The van der Waals surface area contributed by atoms with Crippen molar-refractivity contribution >= 4 is 33.8 Å². The molecule has 0 bridgehead atoms. The summed E-state index contributed by atoms with van der Waals surface area (Å²) in [6.07, 6.45) is 2.75. The minimum absolute atomic E-state index is 0.0377. The van der Waals surface area contributed by atoms with Gasteiger partial charge in [0.2, 0.25) is 11.8 Å². The van der Waals surface area contributed by atoms with Gasteiger partial charge in [-0.3, -0.25) is 14.5 Å². The van der Waals surface area contributed by atoms with Crippen molar-refractivity contribution in [2.45, 2.75) is 32.7 Å². The highest BCUT2D eigenvalue weighted by Crippen LogP contribution is 2.59. The fourth-order valence-corrected chi connectivity index (χ4v) is 5.15. The second kappa shape index (κ2) is 7.84. The maximum atomic E-state index is 13.3. The topological polar surface area (TPSA) is 61.4 Å². The number of nitrogens with zero attached hydrogens (tertiary/aromatic N) is 1. The van der Waals surface area contributed by atoms with E-state index in [0.29, 0.717) is 5.69 Å². The monoisotopic (exact) mass is 419 g/mol. The molecule has 2 fully saturated rings. The van der Waals surface area contributed by atoms with E-state index in [9.17, 15) is 18.4 Å². The second-order valence-corrected chi connectivity index (χ2v) is 9.13. The molecule has 1 aromatic heterocycles. The lowest BCUT2D eigenvalue weighted by Gasteiger charge is -2.32. The molecule has 2 amide bonds. The minimum Gasteiger partial charge on any atom is -0.326 e. The van der Waals surface area contributed by atoms with E-state index >= 15 is 0 Å². The number of halogens is 2. The largest absolute Gasteiger partial charge is 0.326 e. The number of hydrogen-bond acceptors (Lipinski definition) is 4. The Kier molecular flexibility index (Phi) is 5.40. The van der Waals surface area contributed by atoms with E-state index in [0.717, 1.165) is 56.0 Å². The Balaban J connectivity index is 1.27. The van der Waals surface area contributed by atoms with Crippen LogP contribution >= 0.6 is 11.3 Å². The first kappa shape index (κ1) is 20.0. The van der Waals surface area contributed by atoms with Crippen LogP contribution in [0.1, 0.15) is 31.1 Å². The summed E-state index contributed by atoms with van der Waals surface area (Å²) >= 11 is 1.58. The number of carbonyl (C=O) groups is 2. The molecule has 5 nitrogen and oxygen atoms in total. The van der Waals surface area contributed by atoms with Crippen LogP contribution in [0.25, 0.3) is 0 Å². The maximum absolute atomic E-state index is 13.3. The summed E-state index contributed by atoms with van der Waals surface area (Å²) in [6.45, 7) is 4.18. The molecule has 1 aliphatic carbocycles. The van der Waals surface area contributed by atoms with Gasteiger partial charge in [0.25, 0.3) is 0 Å². The molecule has 1 saturated heterocycles. The molecular formula is C21H23F2N3O2S. The smallest absolute Gasteiger partial charge is 0.228 e. The molecule has 29 heavy (non-hydrogen) atoms. The first-order chi connectivity index (χ1) is 13.8. The fourth-order valence-electron chi connectivity index (χ4n) is 4.15. The van der Waals surface area contributed by atoms with Crippen LogP contribution in [0.5, 0.6) is 0 Å². The van der Waals surface area contributed by atoms with Gasteiger partial charge in [-0.15, -0.1) is 11.3 Å². The highest BCUT2D eigenvalue weighted by molar-refractivity contribution is 7.16. The van der Waals surface area contributed by atoms with Gasteiger partial charge in [0.05, 0.1) is 5.00 Å². The molecule has 4 rings (SSSR count). The summed E-state index contributed by atoms with van der Waals surface area (Å²) in [5.41, 5.74) is 0.330. The molecular weight excluding hydrogens is 396 g/mol. The lowest BCUT2D eigenvalue weighted by molar-refractivity contribution is -0.118. The molecule has 2 heterocycles. The summed E-state index contributed by atoms with van der Waals surface area (Å²) in [7, 11) is 0. The van der Waals surface area contributed by atoms with E-state index in [-0.39, 0.29) is 23.1 Å². The van der Waals surface area contributed by atoms with Crippen LogP contribution in [0.15, 0.2) is 30.3 Å². The number of nitrogens with one attached hydrogen (secondary N) is 2. The third-order valence-corrected chi connectivity index (χ3v) is 6.87. The number of carbonyl (C=O) groups excluding carboxylic acids is 2. The molecule has 2 aromatic rings. The standard InChI is InChI=1S/C21H23F2N3O2S/c1-13(27)24-19-5-3-15(29-19)12-26-8-6-21(7-9-26)11-16(21)20(28)25-14-2-4-17(22)18(23)10-14/h2-5,10,16H,6-9,11-12H2,1H3,(H,24,27)(H,25,28). The van der Waals surface area contributed by atoms with Crippen molar-refractivity contribution in [2.75, 3.05) is 23.7 Å². The number of amides is 2. The lowest BCUT2D eigenvalue weighted by atomic mass is 9.90. The van der Waals surface area contributed by atoms with Gasteiger partial charge in [0.1, 0.15) is 0 Å². The average Bonchev–Trinajstić information content (AvgIpc) is 3.20. The van der Waals surface area contributed by atoms with Crippen LogP contribution < -0.4 is 10.6 Å². The van der Waals surface area contributed by atoms with Crippen molar-refractivity contribution in [3.8, 4) is 0 Å². The lowest BCUT2D eigenvalue weighted by Crippen LogP contribution is -2.35. The number of benzene rings is 1. The second-order valence-electron chi connectivity index (χ2n) is 7.96. The summed E-state index contributed by atoms with van der Waals surface area (Å²) < 4.78 is 26.4. The number of hydrogen-bond donors (Lipinski definition) is 2. The number of piperidine rings is 1. The molecule has 1 unspecified atom stereocenters. The van der Waals surface area contributed by atoms with Gasteiger partial charge in [0, 0.05) is 36.0 Å². The van der Waals surface area contributed by atoms with Gasteiger partial charge in [-0.25, -0.2) is 8.78 Å². The summed E-state index contributed by atoms with van der Waals surface area (Å²) in [4.78, 5) is 27.2. The summed E-state index contributed by atoms with van der Waals surface area (Å²) in [6, 6.07) is 7.38. The Morgan fingerprint density at radius 1 is 1.14 bits per heavy atom. The number of likely N-dealkylation sites (tertiary alicyclic amines) is 1. The van der Waals surface area contributed by atoms with E-state index in [1.54, 1.807) is 11.3 Å². The zero-order valence-electron chi connectivity index (χ0n) is 16.1. The predicted octanol–water partition coefficient (Wildman–Crippen LogP) is 4.23. The SMILES string of the molecule is CC(=O)Nc1ccc(CN2CCC3(CC2)CC3C(=O)Nc2ccc(F)c(F)c2)s1. The Morgan fingerprint density at radius 2 is 1.90 bits per heavy atom. The molecule has 1 atom stereocenters. The molecule has 2 aliphatic rings. The Morgan fingerprint density at radius 3 is 2.59 bits per heavy atom. The number of thiophene rings is 1. The van der Waals surface area contributed by atoms with Crippen molar-refractivity contribution in [2.24, 2.45) is 11.3 Å². The van der Waals surface area contributed by atoms with Crippen LogP contribution in [0.2, 0.25) is 0 Å². The maximum Gasteiger partial charge on any atom is 0.228 e. The van der Waals surface area contributed by atoms with Gasteiger partial charge in [-0.1, -0.05) is 0 Å². The molecule has 154 valence electrons. The third kappa shape index (κ3) is 4.48. The van der Waals surface area contributed by atoms with Gasteiger partial charge >= 0.3 is 0 Å². The van der Waals surface area contributed by atoms with Gasteiger partial charge in [-0.2, -0.15) is 0 Å². The van der Waals surface area contributed by atoms with Crippen LogP contribution in [-0.4, -0.2) is 29.8 Å². The van der Waals surface area contributed by atoms with Crippen molar-refractivity contribution < 1.29 is 18.4 Å². The molecule has 1 aliphatic heterocycles. The Labute approximate surface area is 172 Å². The molecule has 1 aromatic carbocycles. The summed E-state index contributed by atoms with van der Waals surface area (Å²) in [5, 5.41) is 6.38. The van der Waals surface area contributed by atoms with Crippen LogP contribution in [0, 0.1) is 23.0 Å². The van der Waals surface area contributed by atoms with E-state index < -0.39 is 11.6 Å². The van der Waals surface area contributed by atoms with Gasteiger partial charge in [0.15, 0.2) is 11.6 Å². The Hall–Kier alpha value is -2.32. The minimum atomic E-state index is -0.961. The number of anilines is 2. The zero-order valence-corrected chi connectivity index (χ0v) is 17.0. The van der Waals surface area contributed by atoms with E-state index in [1.807, 2.05) is 12.1 Å². The molecule has 8 heteroatoms. The van der Waals surface area contributed by atoms with E-state index in [4.69, 9.17) is 0 Å². The fraction of sp³-hybridized carbons (Fsp3) is 0.429. The van der Waals surface area contributed by atoms with Crippen molar-refractivity contribution in [3.05, 3.63) is 46.8 Å². The third-order valence-electron chi connectivity index (χ3n) is 5.89. The summed E-state index contributed by atoms with van der Waals surface area (Å²) in [5.74, 6) is -2.13. The molecule has 0 radical (unpaired) electrons. The molecule has 1 saturated carbocycles. The normalized spacial score (nSPS) is 20.4. The predicted molar refractivity (Wildman–Crippen MR) is 109 cm³/mol. The Bertz CT molecular complexity index is 938. The van der Waals surface area contributed by atoms with E-state index in [2.05, 4.69) is 15.5 Å². The van der Waals surface area contributed by atoms with Gasteiger partial charge < -0.3 is 10.6 Å². The van der Waals surface area contributed by atoms with Crippen LogP contribution in [0.3, 0.4) is 0 Å². The van der Waals surface area contributed by atoms with Crippen molar-refractivity contribution in [1.82, 2.24) is 4.90 Å². The molecule has 1 spiro atoms. The first-order valence-electron chi connectivity index (χ1n) is 9.69.